The molecule has 0 aliphatic carbocycles. The lowest BCUT2D eigenvalue weighted by Crippen LogP contribution is -2.06. The van der Waals surface area contributed by atoms with Crippen molar-refractivity contribution in [2.45, 2.75) is 13.8 Å². The van der Waals surface area contributed by atoms with Crippen molar-refractivity contribution in [1.29, 1.82) is 0 Å². The van der Waals surface area contributed by atoms with Crippen LogP contribution in [-0.2, 0) is 0 Å². The van der Waals surface area contributed by atoms with E-state index < -0.39 is 0 Å². The van der Waals surface area contributed by atoms with Crippen LogP contribution in [0.4, 0.5) is 5.69 Å². The van der Waals surface area contributed by atoms with Crippen LogP contribution in [0.25, 0.3) is 21.8 Å². The summed E-state index contributed by atoms with van der Waals surface area (Å²) in [7, 11) is 0. The number of hydrogen-bond acceptors (Lipinski definition) is 4. The molecule has 0 unspecified atom stereocenters. The van der Waals surface area contributed by atoms with Gasteiger partial charge in [-0.1, -0.05) is 44.2 Å². The summed E-state index contributed by atoms with van der Waals surface area (Å²) in [6.07, 6.45) is 0. The summed E-state index contributed by atoms with van der Waals surface area (Å²) in [5.41, 5.74) is 9.90. The molecule has 2 N–H and O–H groups in total. The monoisotopic (exact) mass is 324 g/mol. The van der Waals surface area contributed by atoms with E-state index in [1.165, 1.54) is 0 Å². The first-order valence-electron chi connectivity index (χ1n) is 7.67. The number of aromatic nitrogens is 1. The van der Waals surface area contributed by atoms with Gasteiger partial charge in [-0.2, -0.15) is 0 Å². The molecular weight excluding hydrogens is 304 g/mol. The highest BCUT2D eigenvalue weighted by molar-refractivity contribution is 7.13. The van der Waals surface area contributed by atoms with Crippen molar-refractivity contribution in [3.05, 3.63) is 53.9 Å². The molecular formula is C19H20N2OS. The lowest BCUT2D eigenvalue weighted by atomic mass is 10.1. The summed E-state index contributed by atoms with van der Waals surface area (Å²) < 4.78 is 5.72. The van der Waals surface area contributed by atoms with E-state index in [0.29, 0.717) is 18.2 Å². The van der Waals surface area contributed by atoms with Gasteiger partial charge >= 0.3 is 0 Å². The van der Waals surface area contributed by atoms with E-state index in [9.17, 15) is 0 Å². The fourth-order valence-electron chi connectivity index (χ4n) is 2.22. The molecule has 0 aliphatic heterocycles. The second kappa shape index (κ2) is 6.84. The second-order valence-electron chi connectivity index (χ2n) is 5.86. The average Bonchev–Trinajstić information content (AvgIpc) is 3.04. The molecule has 0 fully saturated rings. The van der Waals surface area contributed by atoms with E-state index in [4.69, 9.17) is 15.5 Å². The van der Waals surface area contributed by atoms with Crippen LogP contribution < -0.4 is 10.5 Å². The van der Waals surface area contributed by atoms with Crippen molar-refractivity contribution in [3.8, 4) is 27.6 Å². The van der Waals surface area contributed by atoms with Gasteiger partial charge in [-0.25, -0.2) is 4.98 Å². The summed E-state index contributed by atoms with van der Waals surface area (Å²) in [5.74, 6) is 1.21. The van der Waals surface area contributed by atoms with Gasteiger partial charge in [0.15, 0.2) is 0 Å². The first kappa shape index (κ1) is 15.6. The SMILES string of the molecule is CC(C)COc1ccc(-c2nc(-c3ccccc3)cs2)cc1N. The van der Waals surface area contributed by atoms with Gasteiger partial charge in [-0.3, -0.25) is 0 Å². The summed E-state index contributed by atoms with van der Waals surface area (Å²) >= 11 is 1.62. The minimum Gasteiger partial charge on any atom is -0.491 e. The lowest BCUT2D eigenvalue weighted by Gasteiger charge is -2.11. The molecule has 3 aromatic rings. The molecule has 0 bridgehead atoms. The highest BCUT2D eigenvalue weighted by atomic mass is 32.1. The molecule has 4 heteroatoms. The third-order valence-electron chi connectivity index (χ3n) is 3.40. The Balaban J connectivity index is 1.82. The Morgan fingerprint density at radius 2 is 1.87 bits per heavy atom. The molecule has 0 aliphatic rings. The Morgan fingerprint density at radius 3 is 2.57 bits per heavy atom. The number of ether oxygens (including phenoxy) is 1. The zero-order valence-corrected chi connectivity index (χ0v) is 14.1. The third-order valence-corrected chi connectivity index (χ3v) is 4.29. The number of thiazole rings is 1. The maximum Gasteiger partial charge on any atom is 0.142 e. The Kier molecular flexibility index (Phi) is 4.63. The Hall–Kier alpha value is -2.33. The number of rotatable bonds is 5. The molecule has 0 atom stereocenters. The van der Waals surface area contributed by atoms with Gasteiger partial charge in [-0.15, -0.1) is 11.3 Å². The minimum absolute atomic E-state index is 0.474. The van der Waals surface area contributed by atoms with Crippen molar-refractivity contribution in [3.63, 3.8) is 0 Å². The van der Waals surface area contributed by atoms with E-state index in [2.05, 4.69) is 31.4 Å². The van der Waals surface area contributed by atoms with Crippen LogP contribution in [0.5, 0.6) is 5.75 Å². The zero-order chi connectivity index (χ0) is 16.2. The quantitative estimate of drug-likeness (QED) is 0.665. The number of nitrogens with zero attached hydrogens (tertiary/aromatic N) is 1. The Labute approximate surface area is 140 Å². The van der Waals surface area contributed by atoms with Crippen molar-refractivity contribution in [1.82, 2.24) is 4.98 Å². The van der Waals surface area contributed by atoms with Crippen LogP contribution >= 0.6 is 11.3 Å². The maximum atomic E-state index is 6.11. The van der Waals surface area contributed by atoms with E-state index in [1.54, 1.807) is 11.3 Å². The van der Waals surface area contributed by atoms with Crippen LogP contribution in [0.3, 0.4) is 0 Å². The summed E-state index contributed by atoms with van der Waals surface area (Å²) in [4.78, 5) is 4.72. The van der Waals surface area contributed by atoms with Crippen molar-refractivity contribution in [2.75, 3.05) is 12.3 Å². The summed E-state index contributed by atoms with van der Waals surface area (Å²) in [6.45, 7) is 4.90. The molecule has 0 radical (unpaired) electrons. The van der Waals surface area contributed by atoms with E-state index in [-0.39, 0.29) is 0 Å². The fourth-order valence-corrected chi connectivity index (χ4v) is 3.04. The Bertz CT molecular complexity index is 781. The third kappa shape index (κ3) is 3.71. The standard InChI is InChI=1S/C19H20N2OS/c1-13(2)11-22-18-9-8-15(10-16(18)20)19-21-17(12-23-19)14-6-4-3-5-7-14/h3-10,12-13H,11,20H2,1-2H3. The number of hydrogen-bond donors (Lipinski definition) is 1. The molecule has 2 aromatic carbocycles. The Morgan fingerprint density at radius 1 is 1.09 bits per heavy atom. The highest BCUT2D eigenvalue weighted by Gasteiger charge is 2.09. The summed E-state index contributed by atoms with van der Waals surface area (Å²) in [5, 5.41) is 3.04. The van der Waals surface area contributed by atoms with Crippen LogP contribution in [0.1, 0.15) is 13.8 Å². The predicted octanol–water partition coefficient (Wildman–Crippen LogP) is 5.09. The van der Waals surface area contributed by atoms with Gasteiger partial charge in [0, 0.05) is 16.5 Å². The second-order valence-corrected chi connectivity index (χ2v) is 6.72. The minimum atomic E-state index is 0.474. The van der Waals surface area contributed by atoms with E-state index in [0.717, 1.165) is 27.6 Å². The highest BCUT2D eigenvalue weighted by Crippen LogP contribution is 2.32. The number of benzene rings is 2. The molecule has 3 nitrogen and oxygen atoms in total. The average molecular weight is 324 g/mol. The molecule has 23 heavy (non-hydrogen) atoms. The number of nitrogen functional groups attached to an aromatic ring is 1. The first-order chi connectivity index (χ1) is 11.1. The molecule has 0 spiro atoms. The van der Waals surface area contributed by atoms with Crippen molar-refractivity contribution >= 4 is 17.0 Å². The van der Waals surface area contributed by atoms with Crippen LogP contribution in [0.2, 0.25) is 0 Å². The zero-order valence-electron chi connectivity index (χ0n) is 13.3. The smallest absolute Gasteiger partial charge is 0.142 e. The lowest BCUT2D eigenvalue weighted by molar-refractivity contribution is 0.272. The fraction of sp³-hybridized carbons (Fsp3) is 0.211. The van der Waals surface area contributed by atoms with Gasteiger partial charge < -0.3 is 10.5 Å². The van der Waals surface area contributed by atoms with E-state index >= 15 is 0 Å². The van der Waals surface area contributed by atoms with Gasteiger partial charge in [-0.05, 0) is 24.1 Å². The summed E-state index contributed by atoms with van der Waals surface area (Å²) in [6, 6.07) is 16.1. The molecule has 1 aromatic heterocycles. The molecule has 0 saturated carbocycles. The maximum absolute atomic E-state index is 6.11. The molecule has 1 heterocycles. The van der Waals surface area contributed by atoms with Crippen LogP contribution in [0.15, 0.2) is 53.9 Å². The predicted molar refractivity (Wildman–Crippen MR) is 97.7 cm³/mol. The van der Waals surface area contributed by atoms with Crippen LogP contribution in [-0.4, -0.2) is 11.6 Å². The number of anilines is 1. The van der Waals surface area contributed by atoms with E-state index in [1.807, 2.05) is 36.4 Å². The largest absolute Gasteiger partial charge is 0.491 e. The molecule has 118 valence electrons. The molecule has 0 saturated heterocycles. The van der Waals surface area contributed by atoms with Crippen LogP contribution in [0, 0.1) is 5.92 Å². The van der Waals surface area contributed by atoms with Crippen molar-refractivity contribution < 1.29 is 4.74 Å². The van der Waals surface area contributed by atoms with Gasteiger partial charge in [0.1, 0.15) is 10.8 Å². The molecule has 0 amide bonds. The van der Waals surface area contributed by atoms with Gasteiger partial charge in [0.25, 0.3) is 0 Å². The number of nitrogens with two attached hydrogens (primary N) is 1. The first-order valence-corrected chi connectivity index (χ1v) is 8.55. The molecule has 3 rings (SSSR count). The van der Waals surface area contributed by atoms with Crippen molar-refractivity contribution in [2.24, 2.45) is 5.92 Å². The van der Waals surface area contributed by atoms with Gasteiger partial charge in [0.2, 0.25) is 0 Å². The normalized spacial score (nSPS) is 10.9. The topological polar surface area (TPSA) is 48.1 Å². The van der Waals surface area contributed by atoms with Gasteiger partial charge in [0.05, 0.1) is 18.0 Å².